The second-order valence-electron chi connectivity index (χ2n) is 7.36. The second kappa shape index (κ2) is 9.23. The molecule has 0 bridgehead atoms. The largest absolute Gasteiger partial charge is 0.345 e. The topological polar surface area (TPSA) is 90.1 Å². The summed E-state index contributed by atoms with van der Waals surface area (Å²) in [5.41, 5.74) is 3.02. The first-order chi connectivity index (χ1) is 15.5. The van der Waals surface area contributed by atoms with Crippen LogP contribution in [0.3, 0.4) is 0 Å². The van der Waals surface area contributed by atoms with Crippen molar-refractivity contribution in [3.63, 3.8) is 0 Å². The summed E-state index contributed by atoms with van der Waals surface area (Å²) in [5.74, 6) is 0.470. The van der Waals surface area contributed by atoms with E-state index in [2.05, 4.69) is 5.32 Å². The number of imidazole rings is 1. The van der Waals surface area contributed by atoms with E-state index in [4.69, 9.17) is 4.98 Å². The summed E-state index contributed by atoms with van der Waals surface area (Å²) < 4.78 is 2.02. The molecule has 0 spiro atoms. The highest BCUT2D eigenvalue weighted by atomic mass is 32.2. The number of nitro benzene ring substituents is 1. The number of nitrogens with zero attached hydrogens (tertiary/aromatic N) is 3. The van der Waals surface area contributed by atoms with Gasteiger partial charge in [0.05, 0.1) is 26.9 Å². The molecule has 4 aromatic rings. The SMILES string of the molecule is CSc1ccc(C(=O)N[C@@H](Cc2nc3ccccc3n2C)c2ccccc2)cc1[N+](=O)[O-]. The fourth-order valence-corrected chi connectivity index (χ4v) is 4.26. The molecule has 1 aromatic heterocycles. The number of carbonyl (C=O) groups is 1. The summed E-state index contributed by atoms with van der Waals surface area (Å²) in [5, 5.41) is 14.5. The maximum Gasteiger partial charge on any atom is 0.283 e. The van der Waals surface area contributed by atoms with Crippen LogP contribution < -0.4 is 5.32 Å². The van der Waals surface area contributed by atoms with E-state index in [9.17, 15) is 14.9 Å². The van der Waals surface area contributed by atoms with Crippen molar-refractivity contribution in [1.82, 2.24) is 14.9 Å². The highest BCUT2D eigenvalue weighted by Gasteiger charge is 2.22. The number of aryl methyl sites for hydroxylation is 1. The standard InChI is InChI=1S/C24H22N4O3S/c1-27-20-11-7-6-10-18(20)25-23(27)15-19(16-8-4-3-5-9-16)26-24(29)17-12-13-22(32-2)21(14-17)28(30)31/h3-14,19H,15H2,1-2H3,(H,26,29)/t19-/m0/s1. The van der Waals surface area contributed by atoms with Gasteiger partial charge in [-0.05, 0) is 36.1 Å². The molecule has 1 heterocycles. The van der Waals surface area contributed by atoms with E-state index in [0.29, 0.717) is 11.3 Å². The number of hydrogen-bond acceptors (Lipinski definition) is 5. The highest BCUT2D eigenvalue weighted by molar-refractivity contribution is 7.98. The van der Waals surface area contributed by atoms with Crippen LogP contribution in [0.15, 0.2) is 77.7 Å². The van der Waals surface area contributed by atoms with E-state index in [-0.39, 0.29) is 23.2 Å². The fourth-order valence-electron chi connectivity index (χ4n) is 3.71. The van der Waals surface area contributed by atoms with Gasteiger partial charge in [-0.1, -0.05) is 42.5 Å². The lowest BCUT2D eigenvalue weighted by Crippen LogP contribution is -2.30. The lowest BCUT2D eigenvalue weighted by molar-refractivity contribution is -0.387. The molecule has 162 valence electrons. The van der Waals surface area contributed by atoms with Gasteiger partial charge in [0, 0.05) is 25.1 Å². The number of carbonyl (C=O) groups excluding carboxylic acids is 1. The van der Waals surface area contributed by atoms with Crippen molar-refractivity contribution in [2.45, 2.75) is 17.4 Å². The summed E-state index contributed by atoms with van der Waals surface area (Å²) in [6, 6.07) is 21.7. The zero-order valence-electron chi connectivity index (χ0n) is 17.7. The first-order valence-electron chi connectivity index (χ1n) is 10.1. The molecule has 0 aliphatic rings. The smallest absolute Gasteiger partial charge is 0.283 e. The van der Waals surface area contributed by atoms with Gasteiger partial charge in [-0.15, -0.1) is 11.8 Å². The molecule has 0 saturated heterocycles. The van der Waals surface area contributed by atoms with Crippen LogP contribution in [0.4, 0.5) is 5.69 Å². The Morgan fingerprint density at radius 1 is 1.12 bits per heavy atom. The minimum absolute atomic E-state index is 0.0724. The average Bonchev–Trinajstić information content (AvgIpc) is 3.14. The van der Waals surface area contributed by atoms with E-state index < -0.39 is 4.92 Å². The molecule has 7 nitrogen and oxygen atoms in total. The third-order valence-corrected chi connectivity index (χ3v) is 6.20. The Balaban J connectivity index is 1.66. The number of rotatable bonds is 7. The van der Waals surface area contributed by atoms with Gasteiger partial charge in [-0.3, -0.25) is 14.9 Å². The van der Waals surface area contributed by atoms with Crippen molar-refractivity contribution in [2.24, 2.45) is 7.05 Å². The number of amides is 1. The molecule has 0 unspecified atom stereocenters. The summed E-state index contributed by atoms with van der Waals surface area (Å²) in [6.45, 7) is 0. The van der Waals surface area contributed by atoms with Gasteiger partial charge in [0.2, 0.25) is 0 Å². The molecular formula is C24H22N4O3S. The number of nitro groups is 1. The third-order valence-electron chi connectivity index (χ3n) is 5.41. The van der Waals surface area contributed by atoms with Gasteiger partial charge in [-0.25, -0.2) is 4.98 Å². The molecular weight excluding hydrogens is 424 g/mol. The Hall–Kier alpha value is -3.65. The predicted octanol–water partition coefficient (Wildman–Crippen LogP) is 4.92. The maximum atomic E-state index is 13.1. The summed E-state index contributed by atoms with van der Waals surface area (Å²) in [6.07, 6.45) is 2.25. The van der Waals surface area contributed by atoms with Gasteiger partial charge >= 0.3 is 0 Å². The molecule has 32 heavy (non-hydrogen) atoms. The molecule has 0 aliphatic heterocycles. The summed E-state index contributed by atoms with van der Waals surface area (Å²) in [4.78, 5) is 29.3. The summed E-state index contributed by atoms with van der Waals surface area (Å²) in [7, 11) is 1.96. The van der Waals surface area contributed by atoms with E-state index in [1.54, 1.807) is 18.4 Å². The molecule has 1 N–H and O–H groups in total. The van der Waals surface area contributed by atoms with Crippen molar-refractivity contribution in [3.8, 4) is 0 Å². The van der Waals surface area contributed by atoms with E-state index in [1.165, 1.54) is 17.8 Å². The van der Waals surface area contributed by atoms with Crippen LogP contribution in [0.25, 0.3) is 11.0 Å². The molecule has 4 rings (SSSR count). The molecule has 0 saturated carbocycles. The zero-order valence-corrected chi connectivity index (χ0v) is 18.5. The Kier molecular flexibility index (Phi) is 6.23. The molecule has 1 atom stereocenters. The molecule has 8 heteroatoms. The number of thioether (sulfide) groups is 1. The lowest BCUT2D eigenvalue weighted by Gasteiger charge is -2.19. The van der Waals surface area contributed by atoms with Crippen LogP contribution in [0, 0.1) is 10.1 Å². The minimum Gasteiger partial charge on any atom is -0.345 e. The maximum absolute atomic E-state index is 13.1. The van der Waals surface area contributed by atoms with Gasteiger partial charge < -0.3 is 9.88 Å². The Labute approximate surface area is 189 Å². The van der Waals surface area contributed by atoms with Crippen molar-refractivity contribution < 1.29 is 9.72 Å². The predicted molar refractivity (Wildman–Crippen MR) is 126 cm³/mol. The fraction of sp³-hybridized carbons (Fsp3) is 0.167. The van der Waals surface area contributed by atoms with Crippen LogP contribution in [0.5, 0.6) is 0 Å². The van der Waals surface area contributed by atoms with Gasteiger partial charge in [-0.2, -0.15) is 0 Å². The molecule has 3 aromatic carbocycles. The number of benzene rings is 3. The molecule has 0 radical (unpaired) electrons. The number of hydrogen-bond donors (Lipinski definition) is 1. The quantitative estimate of drug-likeness (QED) is 0.247. The number of para-hydroxylation sites is 2. The molecule has 1 amide bonds. The number of fused-ring (bicyclic) bond motifs is 1. The van der Waals surface area contributed by atoms with E-state index >= 15 is 0 Å². The third kappa shape index (κ3) is 4.36. The first kappa shape index (κ1) is 21.6. The number of aromatic nitrogens is 2. The zero-order chi connectivity index (χ0) is 22.7. The van der Waals surface area contributed by atoms with Crippen molar-refractivity contribution in [2.75, 3.05) is 6.26 Å². The van der Waals surface area contributed by atoms with Crippen molar-refractivity contribution >= 4 is 34.4 Å². The number of nitrogens with one attached hydrogen (secondary N) is 1. The van der Waals surface area contributed by atoms with Gasteiger partial charge in [0.1, 0.15) is 5.82 Å². The van der Waals surface area contributed by atoms with Gasteiger partial charge in [0.25, 0.3) is 11.6 Å². The summed E-state index contributed by atoms with van der Waals surface area (Å²) >= 11 is 1.28. The lowest BCUT2D eigenvalue weighted by atomic mass is 10.0. The van der Waals surface area contributed by atoms with Crippen LogP contribution >= 0.6 is 11.8 Å². The average molecular weight is 447 g/mol. The first-order valence-corrected chi connectivity index (χ1v) is 11.3. The second-order valence-corrected chi connectivity index (χ2v) is 8.21. The van der Waals surface area contributed by atoms with E-state index in [1.807, 2.05) is 66.2 Å². The Bertz CT molecular complexity index is 1290. The van der Waals surface area contributed by atoms with E-state index in [0.717, 1.165) is 22.4 Å². The van der Waals surface area contributed by atoms with Crippen LogP contribution in [-0.2, 0) is 13.5 Å². The van der Waals surface area contributed by atoms with Crippen LogP contribution in [0.1, 0.15) is 27.8 Å². The Morgan fingerprint density at radius 2 is 1.84 bits per heavy atom. The monoisotopic (exact) mass is 446 g/mol. The Morgan fingerprint density at radius 3 is 2.53 bits per heavy atom. The highest BCUT2D eigenvalue weighted by Crippen LogP contribution is 2.29. The van der Waals surface area contributed by atoms with Crippen LogP contribution in [-0.4, -0.2) is 26.6 Å². The molecule has 0 aliphatic carbocycles. The van der Waals surface area contributed by atoms with Crippen molar-refractivity contribution in [1.29, 1.82) is 0 Å². The normalized spacial score (nSPS) is 11.9. The van der Waals surface area contributed by atoms with Gasteiger partial charge in [0.15, 0.2) is 0 Å². The minimum atomic E-state index is -0.462. The van der Waals surface area contributed by atoms with Crippen molar-refractivity contribution in [3.05, 3.63) is 99.9 Å². The van der Waals surface area contributed by atoms with Crippen LogP contribution in [0.2, 0.25) is 0 Å². The molecule has 0 fully saturated rings.